The fourth-order valence-corrected chi connectivity index (χ4v) is 2.62. The SMILES string of the molecule is O=C(CSc1n[nH]c(-c2ccccc2F)n1)c1ccccc1. The van der Waals surface area contributed by atoms with Crippen LogP contribution in [0.25, 0.3) is 11.4 Å². The predicted molar refractivity (Wildman–Crippen MR) is 83.3 cm³/mol. The van der Waals surface area contributed by atoms with Crippen LogP contribution in [-0.2, 0) is 0 Å². The topological polar surface area (TPSA) is 58.6 Å². The molecule has 0 saturated heterocycles. The Morgan fingerprint density at radius 1 is 1.09 bits per heavy atom. The zero-order valence-electron chi connectivity index (χ0n) is 11.5. The van der Waals surface area contributed by atoms with Gasteiger partial charge in [0.1, 0.15) is 5.82 Å². The van der Waals surface area contributed by atoms with E-state index in [0.29, 0.717) is 22.1 Å². The van der Waals surface area contributed by atoms with Crippen molar-refractivity contribution in [2.24, 2.45) is 0 Å². The minimum atomic E-state index is -0.365. The first-order valence-electron chi connectivity index (χ1n) is 6.62. The highest BCUT2D eigenvalue weighted by molar-refractivity contribution is 7.99. The van der Waals surface area contributed by atoms with Crippen LogP contribution in [0.4, 0.5) is 4.39 Å². The summed E-state index contributed by atoms with van der Waals surface area (Å²) in [6.07, 6.45) is 0. The molecule has 3 rings (SSSR count). The van der Waals surface area contributed by atoms with Crippen molar-refractivity contribution in [3.8, 4) is 11.4 Å². The fraction of sp³-hybridized carbons (Fsp3) is 0.0625. The Morgan fingerprint density at radius 2 is 1.82 bits per heavy atom. The number of H-pyrrole nitrogens is 1. The molecule has 0 aliphatic rings. The van der Waals surface area contributed by atoms with Gasteiger partial charge in [-0.2, -0.15) is 0 Å². The van der Waals surface area contributed by atoms with Gasteiger partial charge in [0.25, 0.3) is 0 Å². The van der Waals surface area contributed by atoms with Crippen LogP contribution >= 0.6 is 11.8 Å². The number of carbonyl (C=O) groups is 1. The van der Waals surface area contributed by atoms with Gasteiger partial charge >= 0.3 is 0 Å². The first-order chi connectivity index (χ1) is 10.7. The van der Waals surface area contributed by atoms with E-state index in [9.17, 15) is 9.18 Å². The molecule has 2 aromatic carbocycles. The van der Waals surface area contributed by atoms with Crippen LogP contribution in [0.1, 0.15) is 10.4 Å². The minimum Gasteiger partial charge on any atom is -0.293 e. The van der Waals surface area contributed by atoms with Crippen molar-refractivity contribution < 1.29 is 9.18 Å². The maximum atomic E-state index is 13.7. The van der Waals surface area contributed by atoms with Gasteiger partial charge < -0.3 is 0 Å². The molecule has 0 radical (unpaired) electrons. The van der Waals surface area contributed by atoms with E-state index in [1.54, 1.807) is 30.3 Å². The highest BCUT2D eigenvalue weighted by Crippen LogP contribution is 2.22. The fourth-order valence-electron chi connectivity index (χ4n) is 1.92. The van der Waals surface area contributed by atoms with Crippen molar-refractivity contribution in [1.82, 2.24) is 15.2 Å². The smallest absolute Gasteiger partial charge is 0.209 e. The third-order valence-electron chi connectivity index (χ3n) is 3.02. The Hall–Kier alpha value is -2.47. The second-order valence-corrected chi connectivity index (χ2v) is 5.47. The number of aromatic nitrogens is 3. The molecular weight excluding hydrogens is 301 g/mol. The van der Waals surface area contributed by atoms with Crippen molar-refractivity contribution >= 4 is 17.5 Å². The first kappa shape index (κ1) is 14.5. The van der Waals surface area contributed by atoms with Gasteiger partial charge in [0, 0.05) is 5.56 Å². The highest BCUT2D eigenvalue weighted by atomic mass is 32.2. The van der Waals surface area contributed by atoms with Crippen molar-refractivity contribution in [3.05, 3.63) is 66.0 Å². The van der Waals surface area contributed by atoms with E-state index in [-0.39, 0.29) is 17.4 Å². The molecule has 6 heteroatoms. The van der Waals surface area contributed by atoms with Gasteiger partial charge in [-0.3, -0.25) is 9.89 Å². The average molecular weight is 313 g/mol. The highest BCUT2D eigenvalue weighted by Gasteiger charge is 2.12. The molecule has 1 N–H and O–H groups in total. The minimum absolute atomic E-state index is 0.00263. The largest absolute Gasteiger partial charge is 0.293 e. The Bertz CT molecular complexity index is 789. The maximum Gasteiger partial charge on any atom is 0.209 e. The van der Waals surface area contributed by atoms with E-state index in [2.05, 4.69) is 15.2 Å². The molecule has 0 amide bonds. The predicted octanol–water partition coefficient (Wildman–Crippen LogP) is 3.59. The van der Waals surface area contributed by atoms with Crippen LogP contribution in [0.2, 0.25) is 0 Å². The lowest BCUT2D eigenvalue weighted by Gasteiger charge is -1.98. The third kappa shape index (κ3) is 3.23. The molecule has 0 spiro atoms. The monoisotopic (exact) mass is 313 g/mol. The molecule has 0 atom stereocenters. The van der Waals surface area contributed by atoms with E-state index >= 15 is 0 Å². The van der Waals surface area contributed by atoms with Gasteiger partial charge in [0.05, 0.1) is 11.3 Å². The molecule has 0 aliphatic carbocycles. The summed E-state index contributed by atoms with van der Waals surface area (Å²) in [6.45, 7) is 0. The summed E-state index contributed by atoms with van der Waals surface area (Å²) in [7, 11) is 0. The molecule has 0 fully saturated rings. The molecule has 1 heterocycles. The van der Waals surface area contributed by atoms with Crippen LogP contribution in [0.5, 0.6) is 0 Å². The number of nitrogens with one attached hydrogen (secondary N) is 1. The molecule has 0 aliphatic heterocycles. The standard InChI is InChI=1S/C16H12FN3OS/c17-13-9-5-4-8-12(13)15-18-16(20-19-15)22-10-14(21)11-6-2-1-3-7-11/h1-9H,10H2,(H,18,19,20). The zero-order valence-corrected chi connectivity index (χ0v) is 12.3. The molecule has 0 saturated carbocycles. The Labute approximate surface area is 130 Å². The Balaban J connectivity index is 1.68. The van der Waals surface area contributed by atoms with Crippen LogP contribution in [0, 0.1) is 5.82 Å². The van der Waals surface area contributed by atoms with Gasteiger partial charge in [0.15, 0.2) is 11.6 Å². The molecule has 0 unspecified atom stereocenters. The number of thioether (sulfide) groups is 1. The van der Waals surface area contributed by atoms with Crippen molar-refractivity contribution in [2.45, 2.75) is 5.16 Å². The van der Waals surface area contributed by atoms with Crippen LogP contribution in [0.3, 0.4) is 0 Å². The van der Waals surface area contributed by atoms with Gasteiger partial charge in [-0.25, -0.2) is 9.37 Å². The van der Waals surface area contributed by atoms with E-state index in [0.717, 1.165) is 0 Å². The summed E-state index contributed by atoms with van der Waals surface area (Å²) in [5.41, 5.74) is 1.01. The van der Waals surface area contributed by atoms with Crippen molar-refractivity contribution in [3.63, 3.8) is 0 Å². The summed E-state index contributed by atoms with van der Waals surface area (Å²) < 4.78 is 13.7. The molecule has 22 heavy (non-hydrogen) atoms. The molecule has 1 aromatic heterocycles. The first-order valence-corrected chi connectivity index (χ1v) is 7.61. The van der Waals surface area contributed by atoms with E-state index < -0.39 is 0 Å². The number of nitrogens with zero attached hydrogens (tertiary/aromatic N) is 2. The van der Waals surface area contributed by atoms with Gasteiger partial charge in [-0.05, 0) is 12.1 Å². The zero-order chi connectivity index (χ0) is 15.4. The maximum absolute atomic E-state index is 13.7. The summed E-state index contributed by atoms with van der Waals surface area (Å²) in [5.74, 6) is 0.227. The molecule has 3 aromatic rings. The number of rotatable bonds is 5. The van der Waals surface area contributed by atoms with Crippen LogP contribution in [-0.4, -0.2) is 26.7 Å². The summed E-state index contributed by atoms with van der Waals surface area (Å²) in [5, 5.41) is 7.12. The number of ketones is 1. The Kier molecular flexibility index (Phi) is 4.29. The molecule has 110 valence electrons. The number of Topliss-reactive ketones (excluding diaryl/α,β-unsaturated/α-hetero) is 1. The number of carbonyl (C=O) groups excluding carboxylic acids is 1. The second-order valence-electron chi connectivity index (χ2n) is 4.52. The van der Waals surface area contributed by atoms with Crippen LogP contribution in [0.15, 0.2) is 59.8 Å². The number of hydrogen-bond acceptors (Lipinski definition) is 4. The molecular formula is C16H12FN3OS. The normalized spacial score (nSPS) is 10.6. The van der Waals surface area contributed by atoms with Gasteiger partial charge in [-0.15, -0.1) is 5.10 Å². The van der Waals surface area contributed by atoms with Crippen molar-refractivity contribution in [2.75, 3.05) is 5.75 Å². The quantitative estimate of drug-likeness (QED) is 0.578. The lowest BCUT2D eigenvalue weighted by atomic mass is 10.2. The molecule has 4 nitrogen and oxygen atoms in total. The number of benzene rings is 2. The Morgan fingerprint density at radius 3 is 2.59 bits per heavy atom. The summed E-state index contributed by atoms with van der Waals surface area (Å²) in [6, 6.07) is 15.4. The molecule has 0 bridgehead atoms. The van der Waals surface area contributed by atoms with E-state index in [1.807, 2.05) is 18.2 Å². The van der Waals surface area contributed by atoms with Crippen LogP contribution < -0.4 is 0 Å². The second kappa shape index (κ2) is 6.53. The lowest BCUT2D eigenvalue weighted by Crippen LogP contribution is -2.01. The van der Waals surface area contributed by atoms with Gasteiger partial charge in [-0.1, -0.05) is 54.2 Å². The third-order valence-corrected chi connectivity index (χ3v) is 3.87. The number of hydrogen-bond donors (Lipinski definition) is 1. The van der Waals surface area contributed by atoms with E-state index in [4.69, 9.17) is 0 Å². The van der Waals surface area contributed by atoms with Crippen molar-refractivity contribution in [1.29, 1.82) is 0 Å². The number of aromatic amines is 1. The summed E-state index contributed by atoms with van der Waals surface area (Å²) >= 11 is 1.22. The summed E-state index contributed by atoms with van der Waals surface area (Å²) in [4.78, 5) is 16.2. The van der Waals surface area contributed by atoms with Gasteiger partial charge in [0.2, 0.25) is 5.16 Å². The lowest BCUT2D eigenvalue weighted by molar-refractivity contribution is 0.102. The average Bonchev–Trinajstić information content (AvgIpc) is 3.02. The van der Waals surface area contributed by atoms with E-state index in [1.165, 1.54) is 17.8 Å². The number of halogens is 1.